The molecule has 3 nitrogen and oxygen atoms in total. The Morgan fingerprint density at radius 1 is 1.14 bits per heavy atom. The van der Waals surface area contributed by atoms with Crippen LogP contribution in [0.15, 0.2) is 36.5 Å². The van der Waals surface area contributed by atoms with E-state index in [2.05, 4.69) is 16.1 Å². The Bertz CT molecular complexity index is 576. The lowest BCUT2D eigenvalue weighted by molar-refractivity contribution is 0.188. The van der Waals surface area contributed by atoms with E-state index in [1.165, 1.54) is 24.8 Å². The zero-order chi connectivity index (χ0) is 14.7. The van der Waals surface area contributed by atoms with Gasteiger partial charge in [-0.3, -0.25) is 9.58 Å². The van der Waals surface area contributed by atoms with Crippen molar-refractivity contribution in [3.05, 3.63) is 53.6 Å². The van der Waals surface area contributed by atoms with Gasteiger partial charge < -0.3 is 0 Å². The van der Waals surface area contributed by atoms with E-state index >= 15 is 0 Å². The Hall–Kier alpha value is -1.68. The van der Waals surface area contributed by atoms with Gasteiger partial charge in [-0.05, 0) is 43.1 Å². The predicted molar refractivity (Wildman–Crippen MR) is 81.2 cm³/mol. The molecule has 0 aliphatic carbocycles. The molecule has 2 heterocycles. The smallest absolute Gasteiger partial charge is 0.123 e. The summed E-state index contributed by atoms with van der Waals surface area (Å²) >= 11 is 0. The van der Waals surface area contributed by atoms with Gasteiger partial charge in [0.2, 0.25) is 0 Å². The first kappa shape index (κ1) is 14.3. The summed E-state index contributed by atoms with van der Waals surface area (Å²) in [5.74, 6) is -0.170. The molecule has 1 aliphatic rings. The Morgan fingerprint density at radius 2 is 1.95 bits per heavy atom. The molecule has 1 aliphatic heterocycles. The molecule has 1 fully saturated rings. The van der Waals surface area contributed by atoms with Gasteiger partial charge in [-0.25, -0.2) is 4.39 Å². The van der Waals surface area contributed by atoms with Crippen molar-refractivity contribution in [3.8, 4) is 0 Å². The Morgan fingerprint density at radius 3 is 2.67 bits per heavy atom. The molecule has 0 saturated carbocycles. The van der Waals surface area contributed by atoms with Crippen molar-refractivity contribution in [2.45, 2.75) is 38.3 Å². The fraction of sp³-hybridized carbons (Fsp3) is 0.471. The molecule has 0 amide bonds. The maximum Gasteiger partial charge on any atom is 0.123 e. The van der Waals surface area contributed by atoms with Crippen LogP contribution >= 0.6 is 0 Å². The van der Waals surface area contributed by atoms with Crippen molar-refractivity contribution in [1.82, 2.24) is 14.7 Å². The van der Waals surface area contributed by atoms with E-state index in [1.807, 2.05) is 30.1 Å². The van der Waals surface area contributed by atoms with Crippen molar-refractivity contribution in [2.75, 3.05) is 6.54 Å². The van der Waals surface area contributed by atoms with Gasteiger partial charge in [0.15, 0.2) is 0 Å². The van der Waals surface area contributed by atoms with E-state index in [-0.39, 0.29) is 5.82 Å². The quantitative estimate of drug-likeness (QED) is 0.858. The number of nitrogens with zero attached hydrogens (tertiary/aromatic N) is 3. The second kappa shape index (κ2) is 6.39. The highest BCUT2D eigenvalue weighted by Crippen LogP contribution is 2.30. The Balaban J connectivity index is 1.80. The number of aryl methyl sites for hydroxylation is 1. The van der Waals surface area contributed by atoms with Crippen molar-refractivity contribution >= 4 is 0 Å². The largest absolute Gasteiger partial charge is 0.290 e. The first-order valence-corrected chi connectivity index (χ1v) is 7.70. The van der Waals surface area contributed by atoms with Crippen LogP contribution < -0.4 is 0 Å². The number of hydrogen-bond donors (Lipinski definition) is 0. The second-order valence-corrected chi connectivity index (χ2v) is 5.88. The standard InChI is InChI=1S/C17H22FN3/c1-20-12-10-16(19-20)17-5-3-2-4-11-21(17)13-14-6-8-15(18)9-7-14/h6-10,12,17H,2-5,11,13H2,1H3. The number of benzene rings is 1. The summed E-state index contributed by atoms with van der Waals surface area (Å²) in [6.07, 6.45) is 6.92. The van der Waals surface area contributed by atoms with Crippen LogP contribution in [0.5, 0.6) is 0 Å². The molecule has 0 N–H and O–H groups in total. The molecule has 0 spiro atoms. The molecule has 3 rings (SSSR count). The minimum absolute atomic E-state index is 0.170. The third kappa shape index (κ3) is 3.50. The molecule has 1 unspecified atom stereocenters. The molecule has 112 valence electrons. The van der Waals surface area contributed by atoms with Crippen LogP contribution in [0.2, 0.25) is 0 Å². The third-order valence-corrected chi connectivity index (χ3v) is 4.24. The first-order chi connectivity index (χ1) is 10.2. The maximum atomic E-state index is 13.0. The van der Waals surface area contributed by atoms with E-state index in [4.69, 9.17) is 0 Å². The van der Waals surface area contributed by atoms with Crippen LogP contribution in [0.1, 0.15) is 43.0 Å². The zero-order valence-corrected chi connectivity index (χ0v) is 12.5. The molecule has 1 atom stereocenters. The molecule has 1 aromatic heterocycles. The van der Waals surface area contributed by atoms with E-state index in [1.54, 1.807) is 12.1 Å². The van der Waals surface area contributed by atoms with Crippen molar-refractivity contribution in [1.29, 1.82) is 0 Å². The molecule has 21 heavy (non-hydrogen) atoms. The maximum absolute atomic E-state index is 13.0. The molecule has 0 radical (unpaired) electrons. The van der Waals surface area contributed by atoms with Crippen LogP contribution in [0.4, 0.5) is 4.39 Å². The van der Waals surface area contributed by atoms with Gasteiger partial charge in [0.1, 0.15) is 5.82 Å². The first-order valence-electron chi connectivity index (χ1n) is 7.70. The lowest BCUT2D eigenvalue weighted by Crippen LogP contribution is -2.28. The molecule has 1 aromatic carbocycles. The number of hydrogen-bond acceptors (Lipinski definition) is 2. The predicted octanol–water partition coefficient (Wildman–Crippen LogP) is 3.68. The fourth-order valence-electron chi connectivity index (χ4n) is 3.13. The van der Waals surface area contributed by atoms with Gasteiger partial charge in [0.25, 0.3) is 0 Å². The van der Waals surface area contributed by atoms with Crippen LogP contribution in [-0.2, 0) is 13.6 Å². The highest BCUT2D eigenvalue weighted by atomic mass is 19.1. The number of likely N-dealkylation sites (tertiary alicyclic amines) is 1. The van der Waals surface area contributed by atoms with Gasteiger partial charge in [0.05, 0.1) is 11.7 Å². The minimum atomic E-state index is -0.170. The minimum Gasteiger partial charge on any atom is -0.290 e. The average molecular weight is 287 g/mol. The van der Waals surface area contributed by atoms with Crippen molar-refractivity contribution in [2.24, 2.45) is 7.05 Å². The lowest BCUT2D eigenvalue weighted by Gasteiger charge is -2.28. The van der Waals surface area contributed by atoms with Gasteiger partial charge in [0, 0.05) is 19.8 Å². The molecular weight excluding hydrogens is 265 g/mol. The number of rotatable bonds is 3. The third-order valence-electron chi connectivity index (χ3n) is 4.24. The SMILES string of the molecule is Cn1ccc(C2CCCCCN2Cc2ccc(F)cc2)n1. The van der Waals surface area contributed by atoms with E-state index in [0.717, 1.165) is 25.2 Å². The summed E-state index contributed by atoms with van der Waals surface area (Å²) in [5, 5.41) is 4.60. The molecule has 2 aromatic rings. The summed E-state index contributed by atoms with van der Waals surface area (Å²) in [7, 11) is 1.96. The monoisotopic (exact) mass is 287 g/mol. The van der Waals surface area contributed by atoms with Crippen LogP contribution in [0.3, 0.4) is 0 Å². The summed E-state index contributed by atoms with van der Waals surface area (Å²) < 4.78 is 14.9. The summed E-state index contributed by atoms with van der Waals surface area (Å²) in [4.78, 5) is 2.49. The molecule has 0 bridgehead atoms. The Labute approximate surface area is 125 Å². The number of aromatic nitrogens is 2. The zero-order valence-electron chi connectivity index (χ0n) is 12.5. The molecule has 4 heteroatoms. The van der Waals surface area contributed by atoms with Crippen LogP contribution in [-0.4, -0.2) is 21.2 Å². The molecular formula is C17H22FN3. The highest BCUT2D eigenvalue weighted by molar-refractivity contribution is 5.17. The van der Waals surface area contributed by atoms with Crippen molar-refractivity contribution < 1.29 is 4.39 Å². The summed E-state index contributed by atoms with van der Waals surface area (Å²) in [5.41, 5.74) is 2.32. The van der Waals surface area contributed by atoms with Gasteiger partial charge in [-0.15, -0.1) is 0 Å². The van der Waals surface area contributed by atoms with Crippen LogP contribution in [0, 0.1) is 5.82 Å². The normalized spacial score (nSPS) is 20.4. The fourth-order valence-corrected chi connectivity index (χ4v) is 3.13. The summed E-state index contributed by atoms with van der Waals surface area (Å²) in [6, 6.07) is 9.35. The van der Waals surface area contributed by atoms with Gasteiger partial charge >= 0.3 is 0 Å². The van der Waals surface area contributed by atoms with Gasteiger partial charge in [-0.2, -0.15) is 5.10 Å². The second-order valence-electron chi connectivity index (χ2n) is 5.88. The highest BCUT2D eigenvalue weighted by Gasteiger charge is 2.24. The van der Waals surface area contributed by atoms with E-state index in [9.17, 15) is 4.39 Å². The number of halogens is 1. The topological polar surface area (TPSA) is 21.1 Å². The van der Waals surface area contributed by atoms with Crippen LogP contribution in [0.25, 0.3) is 0 Å². The lowest BCUT2D eigenvalue weighted by atomic mass is 10.1. The van der Waals surface area contributed by atoms with E-state index < -0.39 is 0 Å². The molecule has 1 saturated heterocycles. The van der Waals surface area contributed by atoms with E-state index in [0.29, 0.717) is 6.04 Å². The van der Waals surface area contributed by atoms with Crippen molar-refractivity contribution in [3.63, 3.8) is 0 Å². The van der Waals surface area contributed by atoms with Gasteiger partial charge in [-0.1, -0.05) is 25.0 Å². The summed E-state index contributed by atoms with van der Waals surface area (Å²) in [6.45, 7) is 1.94. The Kier molecular flexibility index (Phi) is 4.34. The average Bonchev–Trinajstić information content (AvgIpc) is 2.77.